The van der Waals surface area contributed by atoms with E-state index in [1.54, 1.807) is 0 Å². The second-order valence-electron chi connectivity index (χ2n) is 3.89. The van der Waals surface area contributed by atoms with Gasteiger partial charge in [0.05, 0.1) is 7.11 Å². The highest BCUT2D eigenvalue weighted by Gasteiger charge is 2.15. The van der Waals surface area contributed by atoms with Crippen molar-refractivity contribution in [2.45, 2.75) is 26.8 Å². The lowest BCUT2D eigenvalue weighted by atomic mass is 10.3. The van der Waals surface area contributed by atoms with Crippen LogP contribution in [-0.2, 0) is 0 Å². The summed E-state index contributed by atoms with van der Waals surface area (Å²) < 4.78 is 5.11. The van der Waals surface area contributed by atoms with Gasteiger partial charge in [-0.15, -0.1) is 0 Å². The van der Waals surface area contributed by atoms with Crippen LogP contribution in [0.2, 0.25) is 0 Å². The standard InChI is InChI=1S/C11H19N5O2/c1-5-12-11(17)16-8-9(15-7(2)3)13-6-14-10(8)18-4/h6-7H,5H2,1-4H3,(H2,12,16,17)(H,13,14,15). The van der Waals surface area contributed by atoms with Crippen LogP contribution in [0.3, 0.4) is 0 Å². The predicted octanol–water partition coefficient (Wildman–Crippen LogP) is 1.45. The van der Waals surface area contributed by atoms with Crippen LogP contribution in [0, 0.1) is 0 Å². The van der Waals surface area contributed by atoms with E-state index in [4.69, 9.17) is 4.74 Å². The number of hydrogen-bond donors (Lipinski definition) is 3. The van der Waals surface area contributed by atoms with Gasteiger partial charge in [-0.05, 0) is 20.8 Å². The Balaban J connectivity index is 2.99. The van der Waals surface area contributed by atoms with Crippen LogP contribution < -0.4 is 20.7 Å². The smallest absolute Gasteiger partial charge is 0.319 e. The van der Waals surface area contributed by atoms with E-state index in [1.807, 2.05) is 20.8 Å². The molecule has 0 atom stereocenters. The number of hydrogen-bond acceptors (Lipinski definition) is 5. The maximum Gasteiger partial charge on any atom is 0.319 e. The van der Waals surface area contributed by atoms with Crippen molar-refractivity contribution in [2.75, 3.05) is 24.3 Å². The van der Waals surface area contributed by atoms with Crippen LogP contribution in [0.1, 0.15) is 20.8 Å². The molecule has 0 bridgehead atoms. The first kappa shape index (κ1) is 14.0. The molecular formula is C11H19N5O2. The first-order valence-electron chi connectivity index (χ1n) is 5.78. The van der Waals surface area contributed by atoms with E-state index in [-0.39, 0.29) is 12.1 Å². The Bertz CT molecular complexity index is 408. The van der Waals surface area contributed by atoms with Crippen LogP contribution >= 0.6 is 0 Å². The quantitative estimate of drug-likeness (QED) is 0.739. The number of carbonyl (C=O) groups is 1. The number of nitrogens with zero attached hydrogens (tertiary/aromatic N) is 2. The Morgan fingerprint density at radius 1 is 1.44 bits per heavy atom. The molecule has 1 rings (SSSR count). The number of urea groups is 1. The maximum atomic E-state index is 11.6. The van der Waals surface area contributed by atoms with Gasteiger partial charge in [0.1, 0.15) is 12.0 Å². The summed E-state index contributed by atoms with van der Waals surface area (Å²) in [7, 11) is 1.49. The summed E-state index contributed by atoms with van der Waals surface area (Å²) in [4.78, 5) is 19.6. The molecule has 0 fully saturated rings. The fourth-order valence-electron chi connectivity index (χ4n) is 1.34. The minimum absolute atomic E-state index is 0.180. The van der Waals surface area contributed by atoms with E-state index < -0.39 is 0 Å². The summed E-state index contributed by atoms with van der Waals surface area (Å²) >= 11 is 0. The molecule has 2 amide bonds. The summed E-state index contributed by atoms with van der Waals surface area (Å²) in [5.41, 5.74) is 0.430. The van der Waals surface area contributed by atoms with Crippen molar-refractivity contribution >= 4 is 17.5 Å². The number of anilines is 2. The summed E-state index contributed by atoms with van der Waals surface area (Å²) in [6.45, 7) is 6.33. The Kier molecular flexibility index (Phi) is 5.16. The SMILES string of the molecule is CCNC(=O)Nc1c(NC(C)C)ncnc1OC. The molecule has 0 saturated heterocycles. The van der Waals surface area contributed by atoms with Gasteiger partial charge in [-0.2, -0.15) is 4.98 Å². The lowest BCUT2D eigenvalue weighted by Crippen LogP contribution is -2.29. The molecular weight excluding hydrogens is 234 g/mol. The molecule has 0 aliphatic heterocycles. The van der Waals surface area contributed by atoms with E-state index in [0.717, 1.165) is 0 Å². The monoisotopic (exact) mass is 253 g/mol. The van der Waals surface area contributed by atoms with E-state index in [9.17, 15) is 4.79 Å². The van der Waals surface area contributed by atoms with Crippen molar-refractivity contribution < 1.29 is 9.53 Å². The van der Waals surface area contributed by atoms with Crippen molar-refractivity contribution in [3.63, 3.8) is 0 Å². The highest BCUT2D eigenvalue weighted by molar-refractivity contribution is 5.93. The summed E-state index contributed by atoms with van der Waals surface area (Å²) in [5, 5.41) is 8.43. The largest absolute Gasteiger partial charge is 0.479 e. The van der Waals surface area contributed by atoms with Gasteiger partial charge >= 0.3 is 6.03 Å². The van der Waals surface area contributed by atoms with Gasteiger partial charge in [-0.1, -0.05) is 0 Å². The van der Waals surface area contributed by atoms with E-state index >= 15 is 0 Å². The van der Waals surface area contributed by atoms with Gasteiger partial charge in [-0.25, -0.2) is 9.78 Å². The molecule has 7 nitrogen and oxygen atoms in total. The van der Waals surface area contributed by atoms with Gasteiger partial charge < -0.3 is 20.7 Å². The number of amides is 2. The van der Waals surface area contributed by atoms with Crippen LogP contribution in [-0.4, -0.2) is 35.7 Å². The zero-order valence-electron chi connectivity index (χ0n) is 11.1. The molecule has 1 aromatic heterocycles. The highest BCUT2D eigenvalue weighted by atomic mass is 16.5. The number of methoxy groups -OCH3 is 1. The first-order valence-corrected chi connectivity index (χ1v) is 5.78. The van der Waals surface area contributed by atoms with E-state index in [2.05, 4.69) is 25.9 Å². The van der Waals surface area contributed by atoms with E-state index in [1.165, 1.54) is 13.4 Å². The molecule has 7 heteroatoms. The fourth-order valence-corrected chi connectivity index (χ4v) is 1.34. The summed E-state index contributed by atoms with van der Waals surface area (Å²) in [6, 6.07) is -0.142. The lowest BCUT2D eigenvalue weighted by molar-refractivity contribution is 0.252. The third-order valence-corrected chi connectivity index (χ3v) is 2.01. The van der Waals surface area contributed by atoms with Gasteiger partial charge in [0.2, 0.25) is 5.88 Å². The summed E-state index contributed by atoms with van der Waals surface area (Å²) in [5.74, 6) is 0.850. The van der Waals surface area contributed by atoms with Crippen LogP contribution in [0.4, 0.5) is 16.3 Å². The van der Waals surface area contributed by atoms with Crippen LogP contribution in [0.15, 0.2) is 6.33 Å². The topological polar surface area (TPSA) is 88.2 Å². The number of carbonyl (C=O) groups excluding carboxylic acids is 1. The molecule has 0 spiro atoms. The van der Waals surface area contributed by atoms with Crippen molar-refractivity contribution in [3.8, 4) is 5.88 Å². The second-order valence-corrected chi connectivity index (χ2v) is 3.89. The van der Waals surface area contributed by atoms with Gasteiger partial charge in [-0.3, -0.25) is 0 Å². The first-order chi connectivity index (χ1) is 8.58. The zero-order valence-corrected chi connectivity index (χ0v) is 11.1. The minimum atomic E-state index is -0.322. The van der Waals surface area contributed by atoms with Crippen molar-refractivity contribution in [1.29, 1.82) is 0 Å². The van der Waals surface area contributed by atoms with Crippen molar-refractivity contribution in [2.24, 2.45) is 0 Å². The van der Waals surface area contributed by atoms with Crippen molar-refractivity contribution in [1.82, 2.24) is 15.3 Å². The maximum absolute atomic E-state index is 11.6. The van der Waals surface area contributed by atoms with Crippen LogP contribution in [0.5, 0.6) is 5.88 Å². The van der Waals surface area contributed by atoms with Gasteiger partial charge in [0.25, 0.3) is 0 Å². The number of ether oxygens (including phenoxy) is 1. The highest BCUT2D eigenvalue weighted by Crippen LogP contribution is 2.28. The lowest BCUT2D eigenvalue weighted by Gasteiger charge is -2.16. The Labute approximate surface area is 106 Å². The third kappa shape index (κ3) is 3.76. The Hall–Kier alpha value is -2.05. The Morgan fingerprint density at radius 3 is 2.72 bits per heavy atom. The molecule has 0 unspecified atom stereocenters. The van der Waals surface area contributed by atoms with Crippen LogP contribution in [0.25, 0.3) is 0 Å². The molecule has 0 aliphatic rings. The molecule has 0 radical (unpaired) electrons. The third-order valence-electron chi connectivity index (χ3n) is 2.01. The summed E-state index contributed by atoms with van der Waals surface area (Å²) in [6.07, 6.45) is 1.38. The average Bonchev–Trinajstić information content (AvgIpc) is 2.31. The molecule has 3 N–H and O–H groups in total. The predicted molar refractivity (Wildman–Crippen MR) is 70.0 cm³/mol. The zero-order chi connectivity index (χ0) is 13.5. The molecule has 0 saturated carbocycles. The number of aromatic nitrogens is 2. The number of nitrogens with one attached hydrogen (secondary N) is 3. The van der Waals surface area contributed by atoms with E-state index in [0.29, 0.717) is 23.9 Å². The minimum Gasteiger partial charge on any atom is -0.479 e. The average molecular weight is 253 g/mol. The molecule has 100 valence electrons. The molecule has 0 aliphatic carbocycles. The molecule has 0 aromatic carbocycles. The van der Waals surface area contributed by atoms with Crippen molar-refractivity contribution in [3.05, 3.63) is 6.33 Å². The fraction of sp³-hybridized carbons (Fsp3) is 0.545. The Morgan fingerprint density at radius 2 is 2.17 bits per heavy atom. The number of rotatable bonds is 5. The second kappa shape index (κ2) is 6.63. The molecule has 18 heavy (non-hydrogen) atoms. The molecule has 1 heterocycles. The molecule has 1 aromatic rings. The normalized spacial score (nSPS) is 10.1. The van der Waals surface area contributed by atoms with Gasteiger partial charge in [0.15, 0.2) is 5.82 Å². The van der Waals surface area contributed by atoms with Gasteiger partial charge in [0, 0.05) is 12.6 Å².